The Labute approximate surface area is 148 Å². The number of methoxy groups -OCH3 is 2. The van der Waals surface area contributed by atoms with Gasteiger partial charge in [0.2, 0.25) is 10.0 Å². The number of halogens is 2. The van der Waals surface area contributed by atoms with Crippen molar-refractivity contribution in [1.29, 1.82) is 0 Å². The van der Waals surface area contributed by atoms with Crippen LogP contribution < -0.4 is 19.5 Å². The van der Waals surface area contributed by atoms with E-state index in [2.05, 4.69) is 10.0 Å². The first kappa shape index (κ1) is 21.0. The highest BCUT2D eigenvalue weighted by molar-refractivity contribution is 7.89. The normalized spacial score (nSPS) is 19.2. The fourth-order valence-electron chi connectivity index (χ4n) is 2.75. The predicted octanol–water partition coefficient (Wildman–Crippen LogP) is 1.93. The molecule has 0 bridgehead atoms. The molecule has 2 N–H and O–H groups in total. The minimum absolute atomic E-state index is 0. The maximum atomic E-state index is 14.2. The highest BCUT2D eigenvalue weighted by Gasteiger charge is 2.28. The van der Waals surface area contributed by atoms with Crippen LogP contribution in [0.2, 0.25) is 0 Å². The Hall–Kier alpha value is -1.09. The van der Waals surface area contributed by atoms with Crippen LogP contribution in [0.25, 0.3) is 0 Å². The van der Waals surface area contributed by atoms with E-state index in [9.17, 15) is 12.8 Å². The molecule has 1 heterocycles. The zero-order valence-corrected chi connectivity index (χ0v) is 15.6. The Morgan fingerprint density at radius 1 is 1.29 bits per heavy atom. The summed E-state index contributed by atoms with van der Waals surface area (Å²) in [7, 11) is -1.25. The van der Waals surface area contributed by atoms with Crippen LogP contribution in [-0.2, 0) is 10.0 Å². The zero-order chi connectivity index (χ0) is 17.0. The van der Waals surface area contributed by atoms with E-state index in [1.807, 2.05) is 0 Å². The minimum Gasteiger partial charge on any atom is -0.493 e. The van der Waals surface area contributed by atoms with Crippen molar-refractivity contribution >= 4 is 22.4 Å². The maximum absolute atomic E-state index is 14.2. The largest absolute Gasteiger partial charge is 0.493 e. The van der Waals surface area contributed by atoms with Crippen molar-refractivity contribution in [1.82, 2.24) is 10.0 Å². The minimum atomic E-state index is -3.99. The third kappa shape index (κ3) is 4.72. The van der Waals surface area contributed by atoms with Gasteiger partial charge in [0, 0.05) is 18.2 Å². The number of rotatable bonds is 6. The van der Waals surface area contributed by atoms with Crippen LogP contribution >= 0.6 is 12.4 Å². The van der Waals surface area contributed by atoms with E-state index >= 15 is 0 Å². The van der Waals surface area contributed by atoms with E-state index in [0.717, 1.165) is 38.1 Å². The van der Waals surface area contributed by atoms with E-state index in [-0.39, 0.29) is 35.9 Å². The summed E-state index contributed by atoms with van der Waals surface area (Å²) in [5.74, 6) is -0.374. The molecule has 2 rings (SSSR count). The lowest BCUT2D eigenvalue weighted by Crippen LogP contribution is -2.44. The lowest BCUT2D eigenvalue weighted by atomic mass is 9.94. The van der Waals surface area contributed by atoms with Gasteiger partial charge in [-0.25, -0.2) is 17.5 Å². The predicted molar refractivity (Wildman–Crippen MR) is 92.1 cm³/mol. The van der Waals surface area contributed by atoms with Crippen molar-refractivity contribution < 1.29 is 22.3 Å². The van der Waals surface area contributed by atoms with Gasteiger partial charge in [-0.05, 0) is 38.8 Å². The van der Waals surface area contributed by atoms with Crippen molar-refractivity contribution in [2.45, 2.75) is 30.7 Å². The number of piperidine rings is 1. The Morgan fingerprint density at radius 2 is 1.92 bits per heavy atom. The van der Waals surface area contributed by atoms with E-state index < -0.39 is 20.7 Å². The molecule has 0 aliphatic carbocycles. The van der Waals surface area contributed by atoms with Gasteiger partial charge in [-0.3, -0.25) is 0 Å². The summed E-state index contributed by atoms with van der Waals surface area (Å²) in [4.78, 5) is -0.439. The second-order valence-electron chi connectivity index (χ2n) is 5.65. The molecule has 138 valence electrons. The molecule has 1 saturated heterocycles. The van der Waals surface area contributed by atoms with Crippen LogP contribution in [-0.4, -0.2) is 41.8 Å². The standard InChI is InChI=1S/C15H23FN2O4S.ClH/c1-10(11-5-4-6-17-9-11)18-23(19,20)15-8-14(22-3)13(21-2)7-12(15)16;/h7-8,10-11,17-18H,4-6,9H2,1-3H3;1H. The number of hydrogen-bond acceptors (Lipinski definition) is 5. The zero-order valence-electron chi connectivity index (χ0n) is 14.0. The average molecular weight is 383 g/mol. The van der Waals surface area contributed by atoms with E-state index in [0.29, 0.717) is 0 Å². The number of benzene rings is 1. The number of hydrogen-bond donors (Lipinski definition) is 2. The van der Waals surface area contributed by atoms with Gasteiger partial charge >= 0.3 is 0 Å². The van der Waals surface area contributed by atoms with Gasteiger partial charge in [0.05, 0.1) is 14.2 Å². The van der Waals surface area contributed by atoms with Crippen molar-refractivity contribution in [3.8, 4) is 11.5 Å². The summed E-state index contributed by atoms with van der Waals surface area (Å²) in [6, 6.07) is 1.86. The van der Waals surface area contributed by atoms with Gasteiger partial charge in [-0.15, -0.1) is 12.4 Å². The third-order valence-corrected chi connectivity index (χ3v) is 5.68. The van der Waals surface area contributed by atoms with Crippen molar-refractivity contribution in [3.63, 3.8) is 0 Å². The summed E-state index contributed by atoms with van der Waals surface area (Å²) in [5, 5.41) is 3.24. The molecule has 0 aromatic heterocycles. The monoisotopic (exact) mass is 382 g/mol. The van der Waals surface area contributed by atoms with Crippen LogP contribution in [0.15, 0.2) is 17.0 Å². The molecule has 0 saturated carbocycles. The average Bonchev–Trinajstić information content (AvgIpc) is 2.54. The highest BCUT2D eigenvalue weighted by atomic mass is 35.5. The SMILES string of the molecule is COc1cc(F)c(S(=O)(=O)NC(C)C2CCCNC2)cc1OC.Cl. The highest BCUT2D eigenvalue weighted by Crippen LogP contribution is 2.32. The maximum Gasteiger partial charge on any atom is 0.243 e. The quantitative estimate of drug-likeness (QED) is 0.786. The van der Waals surface area contributed by atoms with Crippen LogP contribution in [0.3, 0.4) is 0 Å². The van der Waals surface area contributed by atoms with Gasteiger partial charge in [0.1, 0.15) is 10.7 Å². The lowest BCUT2D eigenvalue weighted by Gasteiger charge is -2.28. The molecule has 0 spiro atoms. The summed E-state index contributed by atoms with van der Waals surface area (Å²) < 4.78 is 51.8. The first-order valence-electron chi connectivity index (χ1n) is 7.53. The van der Waals surface area contributed by atoms with Crippen molar-refractivity contribution in [2.24, 2.45) is 5.92 Å². The van der Waals surface area contributed by atoms with E-state index in [1.54, 1.807) is 6.92 Å². The molecular formula is C15H24ClFN2O4S. The molecule has 1 aromatic rings. The van der Waals surface area contributed by atoms with Crippen molar-refractivity contribution in [2.75, 3.05) is 27.3 Å². The molecule has 1 aromatic carbocycles. The molecule has 1 fully saturated rings. The van der Waals surface area contributed by atoms with Gasteiger partial charge in [-0.1, -0.05) is 0 Å². The van der Waals surface area contributed by atoms with Gasteiger partial charge < -0.3 is 14.8 Å². The lowest BCUT2D eigenvalue weighted by molar-refractivity contribution is 0.320. The molecule has 6 nitrogen and oxygen atoms in total. The molecular weight excluding hydrogens is 359 g/mol. The van der Waals surface area contributed by atoms with E-state index in [4.69, 9.17) is 9.47 Å². The van der Waals surface area contributed by atoms with Crippen LogP contribution in [0.5, 0.6) is 11.5 Å². The fourth-order valence-corrected chi connectivity index (χ4v) is 4.14. The summed E-state index contributed by atoms with van der Waals surface area (Å²) in [6.07, 6.45) is 1.94. The van der Waals surface area contributed by atoms with Gasteiger partial charge in [0.15, 0.2) is 11.5 Å². The Balaban J connectivity index is 0.00000288. The smallest absolute Gasteiger partial charge is 0.243 e. The van der Waals surface area contributed by atoms with Crippen molar-refractivity contribution in [3.05, 3.63) is 17.9 Å². The third-order valence-electron chi connectivity index (χ3n) is 4.11. The van der Waals surface area contributed by atoms with Gasteiger partial charge in [-0.2, -0.15) is 0 Å². The second kappa shape index (κ2) is 8.84. The van der Waals surface area contributed by atoms with Crippen LogP contribution in [0.4, 0.5) is 4.39 Å². The topological polar surface area (TPSA) is 76.7 Å². The molecule has 1 aliphatic heterocycles. The van der Waals surface area contributed by atoms with Crippen LogP contribution in [0.1, 0.15) is 19.8 Å². The number of nitrogens with one attached hydrogen (secondary N) is 2. The molecule has 24 heavy (non-hydrogen) atoms. The first-order valence-corrected chi connectivity index (χ1v) is 9.02. The molecule has 2 atom stereocenters. The Kier molecular flexibility index (Phi) is 7.72. The molecule has 0 amide bonds. The fraction of sp³-hybridized carbons (Fsp3) is 0.600. The second-order valence-corrected chi connectivity index (χ2v) is 7.34. The summed E-state index contributed by atoms with van der Waals surface area (Å²) >= 11 is 0. The molecule has 0 radical (unpaired) electrons. The van der Waals surface area contributed by atoms with E-state index in [1.165, 1.54) is 14.2 Å². The Bertz CT molecular complexity index is 651. The number of ether oxygens (including phenoxy) is 2. The Morgan fingerprint density at radius 3 is 2.46 bits per heavy atom. The first-order chi connectivity index (χ1) is 10.9. The van der Waals surface area contributed by atoms with Gasteiger partial charge in [0.25, 0.3) is 0 Å². The van der Waals surface area contributed by atoms with Crippen LogP contribution in [0, 0.1) is 11.7 Å². The summed E-state index contributed by atoms with van der Waals surface area (Å²) in [5.41, 5.74) is 0. The summed E-state index contributed by atoms with van der Waals surface area (Å²) in [6.45, 7) is 3.49. The molecule has 1 aliphatic rings. The number of sulfonamides is 1. The molecule has 9 heteroatoms. The molecule has 2 unspecified atom stereocenters.